The van der Waals surface area contributed by atoms with Gasteiger partial charge in [0, 0.05) is 42.3 Å². The maximum absolute atomic E-state index is 12.0. The molecule has 2 heterocycles. The van der Waals surface area contributed by atoms with Crippen molar-refractivity contribution >= 4 is 0 Å². The average Bonchev–Trinajstić information content (AvgIpc) is 2.72. The summed E-state index contributed by atoms with van der Waals surface area (Å²) in [5.41, 5.74) is 4.07. The summed E-state index contributed by atoms with van der Waals surface area (Å²) in [6, 6.07) is 14.2. The first kappa shape index (κ1) is 20.0. The Hall–Kier alpha value is -2.79. The van der Waals surface area contributed by atoms with Crippen molar-refractivity contribution in [3.05, 3.63) is 82.0 Å². The molecule has 3 rings (SSSR count). The number of rotatable bonds is 8. The van der Waals surface area contributed by atoms with E-state index in [0.29, 0.717) is 5.82 Å². The van der Waals surface area contributed by atoms with Crippen molar-refractivity contribution in [2.24, 2.45) is 0 Å². The summed E-state index contributed by atoms with van der Waals surface area (Å²) in [6.45, 7) is 5.11. The molecule has 5 nitrogen and oxygen atoms in total. The van der Waals surface area contributed by atoms with Gasteiger partial charge in [-0.3, -0.25) is 14.7 Å². The standard InChI is InChI=1S/C23H28N4O/c1-4-5-11-21-14-22(28)26-23(25-21)19-9-6-8-18(13-19)16-27(3)17(2)20-10-7-12-24-15-20/h6-10,12-15,17H,4-5,11,16H2,1-3H3,(H,25,26,28)/t17-/m1/s1. The zero-order valence-corrected chi connectivity index (χ0v) is 16.9. The molecule has 0 aliphatic heterocycles. The number of benzene rings is 1. The lowest BCUT2D eigenvalue weighted by molar-refractivity contribution is 0.252. The summed E-state index contributed by atoms with van der Waals surface area (Å²) >= 11 is 0. The predicted octanol–water partition coefficient (Wildman–Crippen LogP) is 4.37. The van der Waals surface area contributed by atoms with Gasteiger partial charge in [0.2, 0.25) is 0 Å². The van der Waals surface area contributed by atoms with E-state index in [1.807, 2.05) is 24.4 Å². The molecule has 0 spiro atoms. The molecule has 0 radical (unpaired) electrons. The van der Waals surface area contributed by atoms with Gasteiger partial charge in [0.15, 0.2) is 0 Å². The second-order valence-electron chi connectivity index (χ2n) is 7.27. The molecule has 0 aliphatic rings. The molecule has 146 valence electrons. The topological polar surface area (TPSA) is 61.9 Å². The van der Waals surface area contributed by atoms with Crippen LogP contribution in [0.2, 0.25) is 0 Å². The van der Waals surface area contributed by atoms with E-state index in [1.165, 1.54) is 11.1 Å². The van der Waals surface area contributed by atoms with Crippen LogP contribution in [0, 0.1) is 0 Å². The second kappa shape index (κ2) is 9.42. The molecule has 0 saturated carbocycles. The van der Waals surface area contributed by atoms with E-state index < -0.39 is 0 Å². The summed E-state index contributed by atoms with van der Waals surface area (Å²) in [5.74, 6) is 0.642. The van der Waals surface area contributed by atoms with Gasteiger partial charge in [0.05, 0.1) is 0 Å². The molecule has 3 aromatic rings. The van der Waals surface area contributed by atoms with Crippen LogP contribution < -0.4 is 5.56 Å². The Labute approximate surface area is 166 Å². The molecule has 0 bridgehead atoms. The quantitative estimate of drug-likeness (QED) is 0.634. The smallest absolute Gasteiger partial charge is 0.251 e. The van der Waals surface area contributed by atoms with Crippen molar-refractivity contribution in [3.63, 3.8) is 0 Å². The molecule has 1 aromatic carbocycles. The molecule has 2 aromatic heterocycles. The Morgan fingerprint density at radius 3 is 2.79 bits per heavy atom. The second-order valence-corrected chi connectivity index (χ2v) is 7.27. The molecule has 0 aliphatic carbocycles. The van der Waals surface area contributed by atoms with Crippen LogP contribution >= 0.6 is 0 Å². The molecule has 0 saturated heterocycles. The normalized spacial score (nSPS) is 12.3. The number of aromatic nitrogens is 3. The summed E-state index contributed by atoms with van der Waals surface area (Å²) < 4.78 is 0. The van der Waals surface area contributed by atoms with Crippen molar-refractivity contribution in [2.45, 2.75) is 45.7 Å². The lowest BCUT2D eigenvalue weighted by atomic mass is 10.1. The monoisotopic (exact) mass is 376 g/mol. The van der Waals surface area contributed by atoms with Crippen molar-refractivity contribution < 1.29 is 0 Å². The fourth-order valence-corrected chi connectivity index (χ4v) is 3.25. The Morgan fingerprint density at radius 1 is 1.18 bits per heavy atom. The number of aromatic amines is 1. The number of aryl methyl sites for hydroxylation is 1. The molecule has 1 atom stereocenters. The number of pyridine rings is 1. The third-order valence-electron chi connectivity index (χ3n) is 5.04. The SMILES string of the molecule is CCCCc1cc(=O)[nH]c(-c2cccc(CN(C)[C@H](C)c3cccnc3)c2)n1. The van der Waals surface area contributed by atoms with Crippen LogP contribution in [0.4, 0.5) is 0 Å². The van der Waals surface area contributed by atoms with Crippen LogP contribution in [-0.4, -0.2) is 26.9 Å². The van der Waals surface area contributed by atoms with Gasteiger partial charge in [-0.1, -0.05) is 37.6 Å². The van der Waals surface area contributed by atoms with E-state index in [-0.39, 0.29) is 11.6 Å². The highest BCUT2D eigenvalue weighted by Gasteiger charge is 2.13. The van der Waals surface area contributed by atoms with E-state index in [2.05, 4.69) is 58.9 Å². The Morgan fingerprint density at radius 2 is 2.04 bits per heavy atom. The summed E-state index contributed by atoms with van der Waals surface area (Å²) in [4.78, 5) is 26.1. The van der Waals surface area contributed by atoms with E-state index in [4.69, 9.17) is 0 Å². The Bertz CT molecular complexity index is 952. The lowest BCUT2D eigenvalue weighted by Crippen LogP contribution is -2.22. The number of H-pyrrole nitrogens is 1. The number of hydrogen-bond acceptors (Lipinski definition) is 4. The zero-order chi connectivity index (χ0) is 19.9. The Balaban J connectivity index is 1.79. The molecular formula is C23H28N4O. The maximum Gasteiger partial charge on any atom is 0.251 e. The minimum Gasteiger partial charge on any atom is -0.307 e. The molecule has 0 amide bonds. The fourth-order valence-electron chi connectivity index (χ4n) is 3.25. The van der Waals surface area contributed by atoms with Gasteiger partial charge >= 0.3 is 0 Å². The van der Waals surface area contributed by atoms with Crippen LogP contribution in [0.3, 0.4) is 0 Å². The highest BCUT2D eigenvalue weighted by Crippen LogP contribution is 2.22. The molecule has 5 heteroatoms. The molecular weight excluding hydrogens is 348 g/mol. The van der Waals surface area contributed by atoms with Gasteiger partial charge < -0.3 is 4.98 Å². The van der Waals surface area contributed by atoms with Crippen LogP contribution in [0.5, 0.6) is 0 Å². The summed E-state index contributed by atoms with van der Waals surface area (Å²) in [6.07, 6.45) is 6.66. The maximum atomic E-state index is 12.0. The highest BCUT2D eigenvalue weighted by molar-refractivity contribution is 5.56. The zero-order valence-electron chi connectivity index (χ0n) is 16.9. The van der Waals surface area contributed by atoms with Crippen molar-refractivity contribution in [2.75, 3.05) is 7.05 Å². The van der Waals surface area contributed by atoms with E-state index >= 15 is 0 Å². The minimum atomic E-state index is -0.0937. The van der Waals surface area contributed by atoms with Gasteiger partial charge in [-0.25, -0.2) is 4.98 Å². The van der Waals surface area contributed by atoms with Crippen LogP contribution in [0.15, 0.2) is 59.7 Å². The first-order chi connectivity index (χ1) is 13.6. The van der Waals surface area contributed by atoms with E-state index in [1.54, 1.807) is 12.3 Å². The first-order valence-corrected chi connectivity index (χ1v) is 9.86. The number of nitrogens with zero attached hydrogens (tertiary/aromatic N) is 3. The van der Waals surface area contributed by atoms with Crippen LogP contribution in [0.25, 0.3) is 11.4 Å². The highest BCUT2D eigenvalue weighted by atomic mass is 16.1. The third kappa shape index (κ3) is 5.14. The van der Waals surface area contributed by atoms with Gasteiger partial charge in [0.1, 0.15) is 5.82 Å². The summed E-state index contributed by atoms with van der Waals surface area (Å²) in [5, 5.41) is 0. The van der Waals surface area contributed by atoms with Crippen LogP contribution in [-0.2, 0) is 13.0 Å². The predicted molar refractivity (Wildman–Crippen MR) is 113 cm³/mol. The van der Waals surface area contributed by atoms with Gasteiger partial charge in [0.25, 0.3) is 5.56 Å². The Kier molecular flexibility index (Phi) is 6.71. The van der Waals surface area contributed by atoms with E-state index in [9.17, 15) is 4.79 Å². The molecule has 28 heavy (non-hydrogen) atoms. The number of nitrogens with one attached hydrogen (secondary N) is 1. The van der Waals surface area contributed by atoms with Crippen molar-refractivity contribution in [1.29, 1.82) is 0 Å². The molecule has 0 fully saturated rings. The fraction of sp³-hybridized carbons (Fsp3) is 0.348. The lowest BCUT2D eigenvalue weighted by Gasteiger charge is -2.25. The number of unbranched alkanes of at least 4 members (excludes halogenated alkanes) is 1. The average molecular weight is 377 g/mol. The van der Waals surface area contributed by atoms with Crippen molar-refractivity contribution in [3.8, 4) is 11.4 Å². The summed E-state index contributed by atoms with van der Waals surface area (Å²) in [7, 11) is 2.11. The largest absolute Gasteiger partial charge is 0.307 e. The third-order valence-corrected chi connectivity index (χ3v) is 5.04. The van der Waals surface area contributed by atoms with Gasteiger partial charge in [-0.2, -0.15) is 0 Å². The van der Waals surface area contributed by atoms with Crippen LogP contribution in [0.1, 0.15) is 49.6 Å². The van der Waals surface area contributed by atoms with E-state index in [0.717, 1.165) is 37.1 Å². The van der Waals surface area contributed by atoms with Gasteiger partial charge in [-0.05, 0) is 50.1 Å². The first-order valence-electron chi connectivity index (χ1n) is 9.86. The van der Waals surface area contributed by atoms with Gasteiger partial charge in [-0.15, -0.1) is 0 Å². The van der Waals surface area contributed by atoms with Crippen molar-refractivity contribution in [1.82, 2.24) is 19.9 Å². The molecule has 0 unspecified atom stereocenters. The minimum absolute atomic E-state index is 0.0937. The number of hydrogen-bond donors (Lipinski definition) is 1. The molecule has 1 N–H and O–H groups in total.